The lowest BCUT2D eigenvalue weighted by Crippen LogP contribution is -2.29. The molecule has 0 saturated heterocycles. The average Bonchev–Trinajstić information content (AvgIpc) is 2.18. The van der Waals surface area contributed by atoms with E-state index in [4.69, 9.17) is 16.7 Å². The summed E-state index contributed by atoms with van der Waals surface area (Å²) in [5, 5.41) is 14.4. The minimum Gasteiger partial charge on any atom is -0.508 e. The van der Waals surface area contributed by atoms with E-state index in [1.165, 1.54) is 12.1 Å². The summed E-state index contributed by atoms with van der Waals surface area (Å²) < 4.78 is 0. The predicted molar refractivity (Wildman–Crippen MR) is 60.5 cm³/mol. The van der Waals surface area contributed by atoms with E-state index >= 15 is 0 Å². The van der Waals surface area contributed by atoms with Crippen molar-refractivity contribution < 1.29 is 9.90 Å². The van der Waals surface area contributed by atoms with Gasteiger partial charge in [0.2, 0.25) is 0 Å². The van der Waals surface area contributed by atoms with Crippen molar-refractivity contribution in [3.63, 3.8) is 0 Å². The third kappa shape index (κ3) is 4.56. The molecule has 0 aromatic heterocycles. The molecule has 1 rings (SSSR count). The molecule has 0 radical (unpaired) electrons. The molecule has 0 unspecified atom stereocenters. The average molecular weight is 229 g/mol. The normalized spacial score (nSPS) is 9.67. The van der Waals surface area contributed by atoms with Crippen molar-refractivity contribution in [2.45, 2.75) is 6.42 Å². The van der Waals surface area contributed by atoms with Crippen LogP contribution in [0.25, 0.3) is 0 Å². The van der Waals surface area contributed by atoms with Gasteiger partial charge in [-0.1, -0.05) is 6.07 Å². The van der Waals surface area contributed by atoms with E-state index in [1.54, 1.807) is 12.1 Å². The number of carbonyl (C=O) groups is 1. The highest BCUT2D eigenvalue weighted by Gasteiger charge is 2.00. The van der Waals surface area contributed by atoms with Crippen molar-refractivity contribution in [2.75, 3.05) is 17.7 Å². The second-order valence-electron chi connectivity index (χ2n) is 2.97. The molecule has 15 heavy (non-hydrogen) atoms. The van der Waals surface area contributed by atoms with Gasteiger partial charge in [-0.3, -0.25) is 0 Å². The Morgan fingerprint density at radius 1 is 1.47 bits per heavy atom. The van der Waals surface area contributed by atoms with Gasteiger partial charge in [0.1, 0.15) is 5.75 Å². The Balaban J connectivity index is 2.37. The highest BCUT2D eigenvalue weighted by molar-refractivity contribution is 6.17. The monoisotopic (exact) mass is 228 g/mol. The number of hydrogen-bond acceptors (Lipinski definition) is 2. The van der Waals surface area contributed by atoms with E-state index in [9.17, 15) is 4.79 Å². The maximum absolute atomic E-state index is 11.3. The molecule has 5 heteroatoms. The van der Waals surface area contributed by atoms with Gasteiger partial charge in [0.15, 0.2) is 0 Å². The quantitative estimate of drug-likeness (QED) is 0.546. The largest absolute Gasteiger partial charge is 0.508 e. The van der Waals surface area contributed by atoms with Gasteiger partial charge in [0, 0.05) is 24.2 Å². The molecule has 0 saturated carbocycles. The van der Waals surface area contributed by atoms with Crippen LogP contribution < -0.4 is 10.6 Å². The maximum Gasteiger partial charge on any atom is 0.319 e. The van der Waals surface area contributed by atoms with E-state index < -0.39 is 0 Å². The van der Waals surface area contributed by atoms with Crippen LogP contribution >= 0.6 is 11.6 Å². The van der Waals surface area contributed by atoms with Crippen LogP contribution in [0, 0.1) is 0 Å². The fourth-order valence-corrected chi connectivity index (χ4v) is 1.16. The zero-order chi connectivity index (χ0) is 11.1. The Labute approximate surface area is 93.2 Å². The molecule has 0 fully saturated rings. The second-order valence-corrected chi connectivity index (χ2v) is 3.35. The van der Waals surface area contributed by atoms with E-state index in [2.05, 4.69) is 10.6 Å². The number of halogens is 1. The van der Waals surface area contributed by atoms with E-state index in [0.717, 1.165) is 6.42 Å². The summed E-state index contributed by atoms with van der Waals surface area (Å²) in [4.78, 5) is 11.3. The molecular weight excluding hydrogens is 216 g/mol. The van der Waals surface area contributed by atoms with Gasteiger partial charge in [-0.2, -0.15) is 0 Å². The summed E-state index contributed by atoms with van der Waals surface area (Å²) in [7, 11) is 0. The summed E-state index contributed by atoms with van der Waals surface area (Å²) in [6, 6.07) is 6.06. The number of hydrogen-bond donors (Lipinski definition) is 3. The molecule has 2 amide bonds. The van der Waals surface area contributed by atoms with Gasteiger partial charge in [0.25, 0.3) is 0 Å². The SMILES string of the molecule is O=C(NCCCCl)Nc1cccc(O)c1. The predicted octanol–water partition coefficient (Wildman–Crippen LogP) is 2.14. The summed E-state index contributed by atoms with van der Waals surface area (Å²) in [6.07, 6.45) is 0.731. The van der Waals surface area contributed by atoms with Crippen molar-refractivity contribution >= 4 is 23.3 Å². The number of amides is 2. The number of benzene rings is 1. The highest BCUT2D eigenvalue weighted by atomic mass is 35.5. The third-order valence-corrected chi connectivity index (χ3v) is 1.97. The third-order valence-electron chi connectivity index (χ3n) is 1.70. The Morgan fingerprint density at radius 3 is 2.93 bits per heavy atom. The van der Waals surface area contributed by atoms with Crippen LogP contribution in [0.3, 0.4) is 0 Å². The molecule has 0 bridgehead atoms. The first-order chi connectivity index (χ1) is 7.22. The van der Waals surface area contributed by atoms with Crippen molar-refractivity contribution in [3.8, 4) is 5.75 Å². The number of alkyl halides is 1. The first-order valence-electron chi connectivity index (χ1n) is 4.62. The fraction of sp³-hybridized carbons (Fsp3) is 0.300. The summed E-state index contributed by atoms with van der Waals surface area (Å²) in [6.45, 7) is 0.536. The van der Waals surface area contributed by atoms with Gasteiger partial charge < -0.3 is 15.7 Å². The molecule has 0 aliphatic rings. The van der Waals surface area contributed by atoms with Crippen molar-refractivity contribution in [1.29, 1.82) is 0 Å². The lowest BCUT2D eigenvalue weighted by Gasteiger charge is -2.06. The van der Waals surface area contributed by atoms with Gasteiger partial charge >= 0.3 is 6.03 Å². The molecular formula is C10H13ClN2O2. The van der Waals surface area contributed by atoms with Crippen LogP contribution in [0.2, 0.25) is 0 Å². The Morgan fingerprint density at radius 2 is 2.27 bits per heavy atom. The highest BCUT2D eigenvalue weighted by Crippen LogP contribution is 2.14. The minimum atomic E-state index is -0.300. The van der Waals surface area contributed by atoms with Crippen molar-refractivity contribution in [2.24, 2.45) is 0 Å². The van der Waals surface area contributed by atoms with Crippen LogP contribution in [-0.2, 0) is 0 Å². The van der Waals surface area contributed by atoms with Crippen LogP contribution in [0.1, 0.15) is 6.42 Å². The van der Waals surface area contributed by atoms with Gasteiger partial charge in [-0.25, -0.2) is 4.79 Å². The summed E-state index contributed by atoms with van der Waals surface area (Å²) in [5.74, 6) is 0.639. The molecule has 4 nitrogen and oxygen atoms in total. The number of rotatable bonds is 4. The molecule has 0 aliphatic heterocycles. The molecule has 82 valence electrons. The molecule has 1 aromatic carbocycles. The van der Waals surface area contributed by atoms with Crippen LogP contribution in [0.15, 0.2) is 24.3 Å². The first kappa shape index (κ1) is 11.7. The number of phenolic OH excluding ortho intramolecular Hbond substituents is 1. The Bertz CT molecular complexity index is 331. The fourth-order valence-electron chi connectivity index (χ4n) is 1.03. The van der Waals surface area contributed by atoms with E-state index in [-0.39, 0.29) is 11.8 Å². The lowest BCUT2D eigenvalue weighted by molar-refractivity contribution is 0.252. The number of nitrogens with one attached hydrogen (secondary N) is 2. The maximum atomic E-state index is 11.3. The Kier molecular flexibility index (Phi) is 4.77. The van der Waals surface area contributed by atoms with Crippen LogP contribution in [0.5, 0.6) is 5.75 Å². The van der Waals surface area contributed by atoms with Gasteiger partial charge in [-0.05, 0) is 18.6 Å². The molecule has 0 spiro atoms. The van der Waals surface area contributed by atoms with Crippen molar-refractivity contribution in [1.82, 2.24) is 5.32 Å². The number of carbonyl (C=O) groups excluding carboxylic acids is 1. The van der Waals surface area contributed by atoms with Crippen molar-refractivity contribution in [3.05, 3.63) is 24.3 Å². The molecule has 1 aromatic rings. The topological polar surface area (TPSA) is 61.4 Å². The zero-order valence-corrected chi connectivity index (χ0v) is 8.92. The van der Waals surface area contributed by atoms with Crippen LogP contribution in [0.4, 0.5) is 10.5 Å². The smallest absolute Gasteiger partial charge is 0.319 e. The summed E-state index contributed by atoms with van der Waals surface area (Å²) >= 11 is 5.46. The number of urea groups is 1. The van der Waals surface area contributed by atoms with Gasteiger partial charge in [0.05, 0.1) is 0 Å². The van der Waals surface area contributed by atoms with Crippen LogP contribution in [-0.4, -0.2) is 23.6 Å². The first-order valence-corrected chi connectivity index (χ1v) is 5.15. The molecule has 3 N–H and O–H groups in total. The number of aromatic hydroxyl groups is 1. The number of anilines is 1. The lowest BCUT2D eigenvalue weighted by atomic mass is 10.3. The number of phenols is 1. The second kappa shape index (κ2) is 6.14. The summed E-state index contributed by atoms with van der Waals surface area (Å²) in [5.41, 5.74) is 0.554. The zero-order valence-electron chi connectivity index (χ0n) is 8.16. The molecule has 0 aliphatic carbocycles. The molecule has 0 heterocycles. The Hall–Kier alpha value is -1.42. The molecule has 0 atom stereocenters. The van der Waals surface area contributed by atoms with E-state index in [1.807, 2.05) is 0 Å². The minimum absolute atomic E-state index is 0.119. The van der Waals surface area contributed by atoms with Gasteiger partial charge in [-0.15, -0.1) is 11.6 Å². The van der Waals surface area contributed by atoms with E-state index in [0.29, 0.717) is 18.1 Å². The standard InChI is InChI=1S/C10H13ClN2O2/c11-5-2-6-12-10(15)13-8-3-1-4-9(14)7-8/h1,3-4,7,14H,2,5-6H2,(H2,12,13,15).